The Balaban J connectivity index is 1.55. The summed E-state index contributed by atoms with van der Waals surface area (Å²) in [6.07, 6.45) is 0. The van der Waals surface area contributed by atoms with Crippen molar-refractivity contribution in [1.82, 2.24) is 14.8 Å². The quantitative estimate of drug-likeness (QED) is 0.548. The fraction of sp³-hybridized carbons (Fsp3) is 0.105. The summed E-state index contributed by atoms with van der Waals surface area (Å²) in [7, 11) is 0. The van der Waals surface area contributed by atoms with Crippen molar-refractivity contribution in [3.8, 4) is 10.9 Å². The van der Waals surface area contributed by atoms with Gasteiger partial charge in [-0.15, -0.1) is 0 Å². The Morgan fingerprint density at radius 2 is 1.96 bits per heavy atom. The zero-order chi connectivity index (χ0) is 19.7. The molecular weight excluding hydrogens is 386 g/mol. The molecule has 0 aliphatic carbocycles. The molecule has 0 aliphatic rings. The lowest BCUT2D eigenvalue weighted by atomic mass is 10.3. The molecule has 0 aliphatic heterocycles. The average Bonchev–Trinajstić information content (AvgIpc) is 3.25. The molecule has 0 saturated heterocycles. The van der Waals surface area contributed by atoms with Crippen LogP contribution in [0.3, 0.4) is 0 Å². The van der Waals surface area contributed by atoms with Gasteiger partial charge in [-0.05, 0) is 31.2 Å². The van der Waals surface area contributed by atoms with Crippen molar-refractivity contribution >= 4 is 33.3 Å². The Kier molecular flexibility index (Phi) is 4.74. The summed E-state index contributed by atoms with van der Waals surface area (Å²) in [5.74, 6) is -1.11. The van der Waals surface area contributed by atoms with Crippen LogP contribution in [0.1, 0.15) is 5.69 Å². The van der Waals surface area contributed by atoms with Crippen LogP contribution in [0.15, 0.2) is 48.5 Å². The molecule has 0 fully saturated rings. The number of para-hydroxylation sites is 2. The SMILES string of the molecule is Cc1cc(NC(=O)COc2ccccc2F)n(-c2nc3c(F)cccc3s2)n1. The van der Waals surface area contributed by atoms with Crippen molar-refractivity contribution in [1.29, 1.82) is 0 Å². The van der Waals surface area contributed by atoms with Gasteiger partial charge in [-0.25, -0.2) is 13.8 Å². The summed E-state index contributed by atoms with van der Waals surface area (Å²) in [6.45, 7) is 1.38. The second kappa shape index (κ2) is 7.35. The number of rotatable bonds is 5. The summed E-state index contributed by atoms with van der Waals surface area (Å²) >= 11 is 1.25. The number of hydrogen-bond acceptors (Lipinski definition) is 5. The van der Waals surface area contributed by atoms with E-state index in [4.69, 9.17) is 4.74 Å². The molecule has 9 heteroatoms. The number of anilines is 1. The van der Waals surface area contributed by atoms with E-state index in [0.717, 1.165) is 0 Å². The van der Waals surface area contributed by atoms with E-state index in [0.29, 0.717) is 21.3 Å². The lowest BCUT2D eigenvalue weighted by molar-refractivity contribution is -0.118. The standard InChI is InChI=1S/C19H14F2N4O2S/c1-11-9-16(22-17(26)10-27-14-7-3-2-5-12(14)20)25(24-11)19-23-18-13(21)6-4-8-15(18)28-19/h2-9H,10H2,1H3,(H,22,26). The second-order valence-electron chi connectivity index (χ2n) is 5.93. The van der Waals surface area contributed by atoms with Crippen molar-refractivity contribution in [2.24, 2.45) is 0 Å². The minimum Gasteiger partial charge on any atom is -0.481 e. The minimum atomic E-state index is -0.548. The van der Waals surface area contributed by atoms with Gasteiger partial charge in [0, 0.05) is 6.07 Å². The van der Waals surface area contributed by atoms with Gasteiger partial charge in [-0.1, -0.05) is 29.5 Å². The number of aromatic nitrogens is 3. The molecule has 2 aromatic carbocycles. The number of halogens is 2. The van der Waals surface area contributed by atoms with Crippen LogP contribution in [-0.2, 0) is 4.79 Å². The molecule has 6 nitrogen and oxygen atoms in total. The van der Waals surface area contributed by atoms with Crippen LogP contribution >= 0.6 is 11.3 Å². The molecule has 0 unspecified atom stereocenters. The third-order valence-corrected chi connectivity index (χ3v) is 4.83. The highest BCUT2D eigenvalue weighted by Gasteiger charge is 2.16. The zero-order valence-electron chi connectivity index (χ0n) is 14.6. The van der Waals surface area contributed by atoms with Crippen molar-refractivity contribution in [3.05, 3.63) is 65.9 Å². The van der Waals surface area contributed by atoms with E-state index in [1.807, 2.05) is 0 Å². The third-order valence-electron chi connectivity index (χ3n) is 3.83. The van der Waals surface area contributed by atoms with Crippen LogP contribution in [-0.4, -0.2) is 27.3 Å². The molecule has 0 radical (unpaired) electrons. The first-order chi connectivity index (χ1) is 13.5. The smallest absolute Gasteiger partial charge is 0.263 e. The van der Waals surface area contributed by atoms with Gasteiger partial charge >= 0.3 is 0 Å². The molecule has 142 valence electrons. The monoisotopic (exact) mass is 400 g/mol. The number of benzene rings is 2. The Labute approximate surface area is 162 Å². The molecule has 0 spiro atoms. The summed E-state index contributed by atoms with van der Waals surface area (Å²) in [6, 6.07) is 12.2. The van der Waals surface area contributed by atoms with Gasteiger partial charge in [-0.2, -0.15) is 9.78 Å². The highest BCUT2D eigenvalue weighted by atomic mass is 32.1. The van der Waals surface area contributed by atoms with Gasteiger partial charge < -0.3 is 10.1 Å². The fourth-order valence-corrected chi connectivity index (χ4v) is 3.56. The van der Waals surface area contributed by atoms with E-state index >= 15 is 0 Å². The van der Waals surface area contributed by atoms with E-state index in [1.54, 1.807) is 31.2 Å². The van der Waals surface area contributed by atoms with Crippen LogP contribution in [0, 0.1) is 18.6 Å². The number of fused-ring (bicyclic) bond motifs is 1. The van der Waals surface area contributed by atoms with Gasteiger partial charge in [0.25, 0.3) is 5.91 Å². The predicted molar refractivity (Wildman–Crippen MR) is 102 cm³/mol. The summed E-state index contributed by atoms with van der Waals surface area (Å²) < 4.78 is 34.8. The molecule has 0 atom stereocenters. The highest BCUT2D eigenvalue weighted by Crippen LogP contribution is 2.28. The Morgan fingerprint density at radius 1 is 1.18 bits per heavy atom. The first-order valence-electron chi connectivity index (χ1n) is 8.30. The van der Waals surface area contributed by atoms with Gasteiger partial charge in [0.05, 0.1) is 10.4 Å². The number of ether oxygens (including phenoxy) is 1. The summed E-state index contributed by atoms with van der Waals surface area (Å²) in [4.78, 5) is 16.5. The van der Waals surface area contributed by atoms with E-state index in [-0.39, 0.29) is 17.9 Å². The fourth-order valence-electron chi connectivity index (χ4n) is 2.61. The molecular formula is C19H14F2N4O2S. The Morgan fingerprint density at radius 3 is 2.75 bits per heavy atom. The summed E-state index contributed by atoms with van der Waals surface area (Å²) in [5, 5.41) is 7.40. The van der Waals surface area contributed by atoms with Crippen molar-refractivity contribution < 1.29 is 18.3 Å². The van der Waals surface area contributed by atoms with Crippen molar-refractivity contribution in [2.45, 2.75) is 6.92 Å². The van der Waals surface area contributed by atoms with Crippen LogP contribution in [0.4, 0.5) is 14.6 Å². The average molecular weight is 400 g/mol. The molecule has 28 heavy (non-hydrogen) atoms. The lowest BCUT2D eigenvalue weighted by Crippen LogP contribution is -2.22. The predicted octanol–water partition coefficient (Wildman–Crippen LogP) is 4.09. The highest BCUT2D eigenvalue weighted by molar-refractivity contribution is 7.20. The van der Waals surface area contributed by atoms with Crippen LogP contribution in [0.25, 0.3) is 15.3 Å². The van der Waals surface area contributed by atoms with Gasteiger partial charge in [0.2, 0.25) is 5.13 Å². The minimum absolute atomic E-state index is 0.0102. The maximum Gasteiger partial charge on any atom is 0.263 e. The number of nitrogens with zero attached hydrogens (tertiary/aromatic N) is 3. The Hall–Kier alpha value is -3.33. The number of thiazole rings is 1. The molecule has 4 rings (SSSR count). The zero-order valence-corrected chi connectivity index (χ0v) is 15.5. The van der Waals surface area contributed by atoms with Crippen LogP contribution in [0.5, 0.6) is 5.75 Å². The van der Waals surface area contributed by atoms with E-state index in [9.17, 15) is 13.6 Å². The first-order valence-corrected chi connectivity index (χ1v) is 9.12. The number of nitrogens with one attached hydrogen (secondary N) is 1. The van der Waals surface area contributed by atoms with Gasteiger partial charge in [0.15, 0.2) is 18.2 Å². The topological polar surface area (TPSA) is 69.0 Å². The molecule has 1 amide bonds. The number of carbonyl (C=O) groups is 1. The molecule has 2 heterocycles. The largest absolute Gasteiger partial charge is 0.481 e. The molecule has 2 aromatic heterocycles. The number of amides is 1. The number of aryl methyl sites for hydroxylation is 1. The summed E-state index contributed by atoms with van der Waals surface area (Å²) in [5.41, 5.74) is 0.890. The van der Waals surface area contributed by atoms with E-state index in [1.165, 1.54) is 40.3 Å². The normalized spacial score (nSPS) is 11.0. The maximum atomic E-state index is 13.9. The van der Waals surface area contributed by atoms with Crippen LogP contribution < -0.4 is 10.1 Å². The van der Waals surface area contributed by atoms with E-state index < -0.39 is 17.5 Å². The molecule has 0 bridgehead atoms. The molecule has 1 N–H and O–H groups in total. The molecule has 0 saturated carbocycles. The Bertz CT molecular complexity index is 1170. The number of hydrogen-bond donors (Lipinski definition) is 1. The number of carbonyl (C=O) groups excluding carboxylic acids is 1. The van der Waals surface area contributed by atoms with Crippen LogP contribution in [0.2, 0.25) is 0 Å². The van der Waals surface area contributed by atoms with Gasteiger partial charge in [-0.3, -0.25) is 4.79 Å². The van der Waals surface area contributed by atoms with Crippen molar-refractivity contribution in [3.63, 3.8) is 0 Å². The van der Waals surface area contributed by atoms with E-state index in [2.05, 4.69) is 15.4 Å². The second-order valence-corrected chi connectivity index (χ2v) is 6.94. The van der Waals surface area contributed by atoms with Gasteiger partial charge in [0.1, 0.15) is 17.2 Å². The maximum absolute atomic E-state index is 13.9. The lowest BCUT2D eigenvalue weighted by Gasteiger charge is -2.08. The van der Waals surface area contributed by atoms with Crippen molar-refractivity contribution in [2.75, 3.05) is 11.9 Å². The molecule has 4 aromatic rings. The first kappa shape index (κ1) is 18.1. The third kappa shape index (κ3) is 3.56.